The number of amides is 1. The number of carbonyl (C=O) groups excluding carboxylic acids is 1. The summed E-state index contributed by atoms with van der Waals surface area (Å²) in [7, 11) is 0. The molecule has 0 saturated carbocycles. The van der Waals surface area contributed by atoms with Crippen molar-refractivity contribution in [3.05, 3.63) is 34.3 Å². The minimum Gasteiger partial charge on any atom is -0.479 e. The minimum atomic E-state index is -1.39. The molecule has 2 N–H and O–H groups in total. The number of carboxylic acids is 1. The largest absolute Gasteiger partial charge is 0.479 e. The molecule has 1 atom stereocenters. The summed E-state index contributed by atoms with van der Waals surface area (Å²) in [6.45, 7) is 6.66. The predicted molar refractivity (Wildman–Crippen MR) is 95.7 cm³/mol. The lowest BCUT2D eigenvalue weighted by Crippen LogP contribution is -2.55. The number of thioether (sulfide) groups is 1. The zero-order chi connectivity index (χ0) is 17.7. The molecule has 128 valence electrons. The van der Waals surface area contributed by atoms with Gasteiger partial charge in [-0.1, -0.05) is 34.1 Å². The van der Waals surface area contributed by atoms with E-state index in [-0.39, 0.29) is 5.75 Å². The van der Waals surface area contributed by atoms with Gasteiger partial charge in [0.25, 0.3) is 0 Å². The Balaban J connectivity index is 2.65. The summed E-state index contributed by atoms with van der Waals surface area (Å²) in [6.07, 6.45) is -0.733. The first-order chi connectivity index (χ1) is 10.5. The average Bonchev–Trinajstić information content (AvgIpc) is 2.38. The van der Waals surface area contributed by atoms with Gasteiger partial charge in [-0.25, -0.2) is 9.59 Å². The van der Waals surface area contributed by atoms with E-state index in [1.165, 1.54) is 18.7 Å². The highest BCUT2D eigenvalue weighted by Gasteiger charge is 2.36. The van der Waals surface area contributed by atoms with Crippen molar-refractivity contribution in [1.82, 2.24) is 5.32 Å². The Bertz CT molecular complexity index is 573. The summed E-state index contributed by atoms with van der Waals surface area (Å²) in [5, 5.41) is 11.9. The van der Waals surface area contributed by atoms with Gasteiger partial charge < -0.3 is 15.2 Å². The van der Waals surface area contributed by atoms with Crippen LogP contribution in [0.15, 0.2) is 28.7 Å². The standard InChI is InChI=1S/C16H22BrNO4S/c1-15(2,3)22-14(21)18-16(4,13(19)20)10-23-9-11-7-5-6-8-12(11)17/h5-8H,9-10H2,1-4H3,(H,18,21)(H,19,20)/t16-/m0/s1. The average molecular weight is 404 g/mol. The highest BCUT2D eigenvalue weighted by Crippen LogP contribution is 2.24. The molecule has 1 amide bonds. The fourth-order valence-corrected chi connectivity index (χ4v) is 3.45. The summed E-state index contributed by atoms with van der Waals surface area (Å²) >= 11 is 4.89. The number of carbonyl (C=O) groups is 2. The van der Waals surface area contributed by atoms with Crippen LogP contribution in [0.3, 0.4) is 0 Å². The number of alkyl carbamates (subject to hydrolysis) is 1. The van der Waals surface area contributed by atoms with Gasteiger partial charge in [0.2, 0.25) is 0 Å². The molecule has 0 bridgehead atoms. The lowest BCUT2D eigenvalue weighted by Gasteiger charge is -2.28. The molecular weight excluding hydrogens is 382 g/mol. The third-order valence-electron chi connectivity index (χ3n) is 2.85. The van der Waals surface area contributed by atoms with Crippen LogP contribution in [0, 0.1) is 0 Å². The maximum absolute atomic E-state index is 11.9. The van der Waals surface area contributed by atoms with E-state index in [2.05, 4.69) is 21.2 Å². The second kappa shape index (κ2) is 8.06. The molecule has 0 fully saturated rings. The second-order valence-corrected chi connectivity index (χ2v) is 8.19. The van der Waals surface area contributed by atoms with Crippen LogP contribution in [0.1, 0.15) is 33.3 Å². The summed E-state index contributed by atoms with van der Waals surface area (Å²) in [5.41, 5.74) is -0.998. The van der Waals surface area contributed by atoms with Crippen LogP contribution in [-0.4, -0.2) is 34.1 Å². The highest BCUT2D eigenvalue weighted by atomic mass is 79.9. The lowest BCUT2D eigenvalue weighted by molar-refractivity contribution is -0.143. The third kappa shape index (κ3) is 6.83. The van der Waals surface area contributed by atoms with Gasteiger partial charge in [0.1, 0.15) is 11.1 Å². The predicted octanol–water partition coefficient (Wildman–Crippen LogP) is 4.05. The van der Waals surface area contributed by atoms with Crippen molar-refractivity contribution < 1.29 is 19.4 Å². The molecule has 0 heterocycles. The van der Waals surface area contributed by atoms with E-state index in [0.717, 1.165) is 10.0 Å². The molecule has 1 rings (SSSR count). The van der Waals surface area contributed by atoms with Crippen molar-refractivity contribution in [1.29, 1.82) is 0 Å². The van der Waals surface area contributed by atoms with Gasteiger partial charge in [0.05, 0.1) is 0 Å². The monoisotopic (exact) mass is 403 g/mol. The van der Waals surface area contributed by atoms with Gasteiger partial charge in [-0.15, -0.1) is 0 Å². The van der Waals surface area contributed by atoms with E-state index in [0.29, 0.717) is 5.75 Å². The number of aliphatic carboxylic acids is 1. The summed E-state index contributed by atoms with van der Waals surface area (Å²) < 4.78 is 6.11. The number of carboxylic acid groups (broad SMARTS) is 1. The Morgan fingerprint density at radius 1 is 1.26 bits per heavy atom. The SMILES string of the molecule is CC(C)(C)OC(=O)N[C@@](C)(CSCc1ccccc1Br)C(=O)O. The van der Waals surface area contributed by atoms with Crippen molar-refractivity contribution in [2.45, 2.75) is 44.6 Å². The smallest absolute Gasteiger partial charge is 0.408 e. The maximum atomic E-state index is 11.9. The number of hydrogen-bond donors (Lipinski definition) is 2. The number of nitrogens with one attached hydrogen (secondary N) is 1. The zero-order valence-electron chi connectivity index (χ0n) is 13.7. The van der Waals surface area contributed by atoms with Gasteiger partial charge in [0.15, 0.2) is 0 Å². The van der Waals surface area contributed by atoms with E-state index in [1.54, 1.807) is 20.8 Å². The maximum Gasteiger partial charge on any atom is 0.408 e. The Morgan fingerprint density at radius 3 is 2.39 bits per heavy atom. The van der Waals surface area contributed by atoms with Crippen molar-refractivity contribution in [2.24, 2.45) is 0 Å². The van der Waals surface area contributed by atoms with Crippen molar-refractivity contribution in [2.75, 3.05) is 5.75 Å². The highest BCUT2D eigenvalue weighted by molar-refractivity contribution is 9.10. The van der Waals surface area contributed by atoms with Crippen LogP contribution >= 0.6 is 27.7 Å². The molecule has 0 aromatic heterocycles. The number of hydrogen-bond acceptors (Lipinski definition) is 4. The van der Waals surface area contributed by atoms with Crippen LogP contribution in [0.25, 0.3) is 0 Å². The first kappa shape index (κ1) is 19.8. The molecule has 0 saturated heterocycles. The van der Waals surface area contributed by atoms with Gasteiger partial charge in [-0.05, 0) is 39.3 Å². The van der Waals surface area contributed by atoms with Gasteiger partial charge in [-0.3, -0.25) is 0 Å². The van der Waals surface area contributed by atoms with Gasteiger partial charge >= 0.3 is 12.1 Å². The Kier molecular flexibility index (Phi) is 6.95. The Morgan fingerprint density at radius 2 is 1.87 bits per heavy atom. The van der Waals surface area contributed by atoms with Crippen LogP contribution in [-0.2, 0) is 15.3 Å². The van der Waals surface area contributed by atoms with E-state index in [1.807, 2.05) is 24.3 Å². The molecule has 0 aliphatic rings. The number of halogens is 1. The Labute approximate surface area is 149 Å². The topological polar surface area (TPSA) is 75.6 Å². The van der Waals surface area contributed by atoms with Crippen LogP contribution < -0.4 is 5.32 Å². The molecule has 0 radical (unpaired) electrons. The lowest BCUT2D eigenvalue weighted by atomic mass is 10.1. The first-order valence-corrected chi connectivity index (χ1v) is 9.04. The molecule has 1 aromatic carbocycles. The summed E-state index contributed by atoms with van der Waals surface area (Å²) in [6, 6.07) is 7.75. The molecule has 0 aliphatic carbocycles. The quantitative estimate of drug-likeness (QED) is 0.748. The van der Waals surface area contributed by atoms with Crippen molar-refractivity contribution in [3.63, 3.8) is 0 Å². The van der Waals surface area contributed by atoms with Crippen molar-refractivity contribution >= 4 is 39.8 Å². The number of ether oxygens (including phenoxy) is 1. The second-order valence-electron chi connectivity index (χ2n) is 6.35. The van der Waals surface area contributed by atoms with Crippen LogP contribution in [0.4, 0.5) is 4.79 Å². The zero-order valence-corrected chi connectivity index (χ0v) is 16.1. The fourth-order valence-electron chi connectivity index (χ4n) is 1.66. The van der Waals surface area contributed by atoms with Crippen LogP contribution in [0.2, 0.25) is 0 Å². The molecule has 0 unspecified atom stereocenters. The van der Waals surface area contributed by atoms with E-state index < -0.39 is 23.2 Å². The third-order valence-corrected chi connectivity index (χ3v) is 4.93. The Hall–Kier alpha value is -1.21. The molecule has 0 aliphatic heterocycles. The molecular formula is C16H22BrNO4S. The van der Waals surface area contributed by atoms with E-state index >= 15 is 0 Å². The normalized spacial score (nSPS) is 14.0. The number of benzene rings is 1. The van der Waals surface area contributed by atoms with Crippen LogP contribution in [0.5, 0.6) is 0 Å². The molecule has 1 aromatic rings. The van der Waals surface area contributed by atoms with E-state index in [9.17, 15) is 14.7 Å². The van der Waals surface area contributed by atoms with E-state index in [4.69, 9.17) is 4.74 Å². The minimum absolute atomic E-state index is 0.225. The van der Waals surface area contributed by atoms with Gasteiger partial charge in [0, 0.05) is 16.0 Å². The molecule has 0 spiro atoms. The summed E-state index contributed by atoms with van der Waals surface area (Å²) in [5.74, 6) is -0.230. The molecule has 7 heteroatoms. The number of rotatable bonds is 6. The fraction of sp³-hybridized carbons (Fsp3) is 0.500. The van der Waals surface area contributed by atoms with Gasteiger partial charge in [-0.2, -0.15) is 11.8 Å². The molecule has 23 heavy (non-hydrogen) atoms. The first-order valence-electron chi connectivity index (χ1n) is 7.09. The van der Waals surface area contributed by atoms with Crippen molar-refractivity contribution in [3.8, 4) is 0 Å². The summed E-state index contributed by atoms with van der Waals surface area (Å²) in [4.78, 5) is 23.4. The molecule has 5 nitrogen and oxygen atoms in total.